The minimum atomic E-state index is 0.0514. The lowest BCUT2D eigenvalue weighted by Crippen LogP contribution is -2.28. The molecule has 148 valence electrons. The first-order valence-corrected chi connectivity index (χ1v) is 10.7. The first-order chi connectivity index (χ1) is 14.2. The van der Waals surface area contributed by atoms with Gasteiger partial charge in [0.05, 0.1) is 6.54 Å². The molecule has 0 aliphatic heterocycles. The Morgan fingerprint density at radius 2 is 2.00 bits per heavy atom. The van der Waals surface area contributed by atoms with E-state index >= 15 is 0 Å². The summed E-state index contributed by atoms with van der Waals surface area (Å²) in [5, 5.41) is 5.13. The van der Waals surface area contributed by atoms with Crippen molar-refractivity contribution in [3.05, 3.63) is 82.4 Å². The van der Waals surface area contributed by atoms with E-state index in [1.807, 2.05) is 36.4 Å². The molecule has 0 saturated heterocycles. The Balaban J connectivity index is 1.40. The minimum Gasteiger partial charge on any atom is -0.355 e. The van der Waals surface area contributed by atoms with E-state index in [2.05, 4.69) is 45.4 Å². The van der Waals surface area contributed by atoms with Gasteiger partial charge in [-0.2, -0.15) is 0 Å². The number of amides is 1. The Kier molecular flexibility index (Phi) is 6.00. The Morgan fingerprint density at radius 3 is 2.79 bits per heavy atom. The van der Waals surface area contributed by atoms with E-state index in [4.69, 9.17) is 4.98 Å². The van der Waals surface area contributed by atoms with Crippen LogP contribution in [0.3, 0.4) is 0 Å². The Bertz CT molecular complexity index is 1070. The molecule has 0 aliphatic rings. The predicted octanol–water partition coefficient (Wildman–Crippen LogP) is 4.39. The van der Waals surface area contributed by atoms with E-state index < -0.39 is 0 Å². The maximum absolute atomic E-state index is 12.4. The van der Waals surface area contributed by atoms with Gasteiger partial charge in [0.1, 0.15) is 11.3 Å². The van der Waals surface area contributed by atoms with Crippen molar-refractivity contribution in [1.82, 2.24) is 19.9 Å². The summed E-state index contributed by atoms with van der Waals surface area (Å²) in [5.74, 6) is 1.24. The van der Waals surface area contributed by atoms with Crippen LogP contribution in [0.4, 0.5) is 0 Å². The molecule has 4 aromatic rings. The number of rotatable bonds is 8. The molecule has 1 amide bonds. The van der Waals surface area contributed by atoms with Crippen molar-refractivity contribution in [2.24, 2.45) is 0 Å². The lowest BCUT2D eigenvalue weighted by atomic mass is 10.0. The van der Waals surface area contributed by atoms with Crippen LogP contribution in [0.15, 0.2) is 66.2 Å². The van der Waals surface area contributed by atoms with Crippen molar-refractivity contribution < 1.29 is 4.79 Å². The summed E-state index contributed by atoms with van der Waals surface area (Å²) in [7, 11) is 0. The summed E-state index contributed by atoms with van der Waals surface area (Å²) in [6.07, 6.45) is 2.79. The third-order valence-corrected chi connectivity index (χ3v) is 5.89. The lowest BCUT2D eigenvalue weighted by molar-refractivity contribution is -0.121. The highest BCUT2D eigenvalue weighted by molar-refractivity contribution is 7.09. The van der Waals surface area contributed by atoms with Crippen LogP contribution in [0.5, 0.6) is 0 Å². The van der Waals surface area contributed by atoms with Crippen LogP contribution in [-0.4, -0.2) is 27.0 Å². The third kappa shape index (κ3) is 4.71. The van der Waals surface area contributed by atoms with Crippen molar-refractivity contribution in [2.75, 3.05) is 6.54 Å². The molecule has 5 nitrogen and oxygen atoms in total. The average molecular weight is 405 g/mol. The van der Waals surface area contributed by atoms with E-state index in [-0.39, 0.29) is 11.8 Å². The van der Waals surface area contributed by atoms with E-state index in [0.717, 1.165) is 23.5 Å². The smallest absolute Gasteiger partial charge is 0.220 e. The number of nitrogens with one attached hydrogen (secondary N) is 1. The van der Waals surface area contributed by atoms with Gasteiger partial charge in [-0.05, 0) is 35.1 Å². The van der Waals surface area contributed by atoms with Gasteiger partial charge >= 0.3 is 0 Å². The topological polar surface area (TPSA) is 59.8 Å². The van der Waals surface area contributed by atoms with E-state index in [1.165, 1.54) is 10.4 Å². The van der Waals surface area contributed by atoms with Crippen LogP contribution in [0.2, 0.25) is 0 Å². The van der Waals surface area contributed by atoms with Crippen LogP contribution < -0.4 is 5.32 Å². The Labute approximate surface area is 174 Å². The molecule has 4 rings (SSSR count). The molecular weight excluding hydrogens is 380 g/mol. The lowest BCUT2D eigenvalue weighted by Gasteiger charge is -2.13. The van der Waals surface area contributed by atoms with Gasteiger partial charge in [-0.25, -0.2) is 9.97 Å². The second kappa shape index (κ2) is 9.01. The van der Waals surface area contributed by atoms with Crippen LogP contribution in [0.1, 0.15) is 35.5 Å². The summed E-state index contributed by atoms with van der Waals surface area (Å²) < 4.78 is 2.13. The second-order valence-corrected chi connectivity index (χ2v) is 8.19. The predicted molar refractivity (Wildman–Crippen MR) is 117 cm³/mol. The number of carbonyl (C=O) groups is 1. The van der Waals surface area contributed by atoms with Crippen LogP contribution in [-0.2, 0) is 17.8 Å². The summed E-state index contributed by atoms with van der Waals surface area (Å²) >= 11 is 1.72. The molecule has 1 atom stereocenters. The molecule has 0 fully saturated rings. The molecule has 0 saturated carbocycles. The highest BCUT2D eigenvalue weighted by Gasteiger charge is 2.14. The number of pyridine rings is 1. The first-order valence-electron chi connectivity index (χ1n) is 9.85. The van der Waals surface area contributed by atoms with Crippen molar-refractivity contribution in [2.45, 2.75) is 32.2 Å². The molecular formula is C23H24N4OS. The fourth-order valence-electron chi connectivity index (χ4n) is 3.40. The van der Waals surface area contributed by atoms with Crippen LogP contribution >= 0.6 is 11.3 Å². The third-order valence-electron chi connectivity index (χ3n) is 5.03. The van der Waals surface area contributed by atoms with Gasteiger partial charge in [0.2, 0.25) is 5.91 Å². The van der Waals surface area contributed by atoms with Crippen molar-refractivity contribution >= 4 is 28.4 Å². The summed E-state index contributed by atoms with van der Waals surface area (Å²) in [4.78, 5) is 22.9. The van der Waals surface area contributed by atoms with E-state index in [0.29, 0.717) is 19.4 Å². The highest BCUT2D eigenvalue weighted by Crippen LogP contribution is 2.19. The number of nitrogens with zero attached hydrogens (tertiary/aromatic N) is 3. The number of fused-ring (bicyclic) bond motifs is 1. The van der Waals surface area contributed by atoms with E-state index in [9.17, 15) is 4.79 Å². The zero-order valence-corrected chi connectivity index (χ0v) is 17.2. The Hall–Kier alpha value is -2.99. The van der Waals surface area contributed by atoms with Gasteiger partial charge in [-0.3, -0.25) is 4.79 Å². The summed E-state index contributed by atoms with van der Waals surface area (Å²) in [5.41, 5.74) is 2.97. The molecule has 0 aliphatic carbocycles. The minimum absolute atomic E-state index is 0.0514. The number of thiophene rings is 1. The van der Waals surface area contributed by atoms with Crippen molar-refractivity contribution in [1.29, 1.82) is 0 Å². The van der Waals surface area contributed by atoms with Crippen molar-refractivity contribution in [3.63, 3.8) is 0 Å². The number of imidazole rings is 1. The molecule has 0 bridgehead atoms. The van der Waals surface area contributed by atoms with E-state index in [1.54, 1.807) is 17.5 Å². The molecule has 0 spiro atoms. The first kappa shape index (κ1) is 19.3. The molecule has 1 N–H and O–H groups in total. The van der Waals surface area contributed by atoms with Gasteiger partial charge in [-0.15, -0.1) is 11.3 Å². The van der Waals surface area contributed by atoms with Gasteiger partial charge in [0.15, 0.2) is 5.65 Å². The van der Waals surface area contributed by atoms with Gasteiger partial charge in [0, 0.05) is 30.5 Å². The maximum Gasteiger partial charge on any atom is 0.220 e. The van der Waals surface area contributed by atoms with Crippen LogP contribution in [0, 0.1) is 0 Å². The standard InChI is InChI=1S/C23H24N4OS/c1-17(18-7-3-2-4-8-18)15-25-22(28)12-11-21-26-20-10-5-13-24-23(20)27(21)16-19-9-6-14-29-19/h2-10,13-14,17H,11-12,15-16H2,1H3,(H,25,28)/t17-/m0/s1. The molecule has 3 aromatic heterocycles. The van der Waals surface area contributed by atoms with Gasteiger partial charge < -0.3 is 9.88 Å². The summed E-state index contributed by atoms with van der Waals surface area (Å²) in [6.45, 7) is 3.49. The number of benzene rings is 1. The molecule has 1 aromatic carbocycles. The SMILES string of the molecule is C[C@@H](CNC(=O)CCc1nc2cccnc2n1Cc1cccs1)c1ccccc1. The molecule has 29 heavy (non-hydrogen) atoms. The normalized spacial score (nSPS) is 12.2. The number of carbonyl (C=O) groups excluding carboxylic acids is 1. The monoisotopic (exact) mass is 404 g/mol. The number of hydrogen-bond donors (Lipinski definition) is 1. The van der Waals surface area contributed by atoms with Crippen molar-refractivity contribution in [3.8, 4) is 0 Å². The largest absolute Gasteiger partial charge is 0.355 e. The van der Waals surface area contributed by atoms with Gasteiger partial charge in [-0.1, -0.05) is 43.3 Å². The zero-order valence-electron chi connectivity index (χ0n) is 16.4. The highest BCUT2D eigenvalue weighted by atomic mass is 32.1. The maximum atomic E-state index is 12.4. The molecule has 3 heterocycles. The van der Waals surface area contributed by atoms with Gasteiger partial charge in [0.25, 0.3) is 0 Å². The number of aryl methyl sites for hydroxylation is 1. The number of aromatic nitrogens is 3. The second-order valence-electron chi connectivity index (χ2n) is 7.16. The zero-order chi connectivity index (χ0) is 20.1. The summed E-state index contributed by atoms with van der Waals surface area (Å²) in [6, 6.07) is 18.3. The molecule has 6 heteroatoms. The number of hydrogen-bond acceptors (Lipinski definition) is 4. The quantitative estimate of drug-likeness (QED) is 0.474. The fraction of sp³-hybridized carbons (Fsp3) is 0.261. The van der Waals surface area contributed by atoms with Crippen LogP contribution in [0.25, 0.3) is 11.2 Å². The fourth-order valence-corrected chi connectivity index (χ4v) is 4.09. The Morgan fingerprint density at radius 1 is 1.14 bits per heavy atom. The average Bonchev–Trinajstić information content (AvgIpc) is 3.39. The molecule has 0 unspecified atom stereocenters. The molecule has 0 radical (unpaired) electrons.